The van der Waals surface area contributed by atoms with E-state index in [4.69, 9.17) is 55.9 Å². The minimum absolute atomic E-state index is 0.0776. The van der Waals surface area contributed by atoms with Crippen LogP contribution >= 0.6 is 46.4 Å². The number of ether oxygens (including phenoxy) is 2. The van der Waals surface area contributed by atoms with E-state index in [0.29, 0.717) is 20.1 Å². The van der Waals surface area contributed by atoms with Crippen LogP contribution < -0.4 is 0 Å². The fourth-order valence-corrected chi connectivity index (χ4v) is 13.0. The third-order valence-corrected chi connectivity index (χ3v) is 20.4. The van der Waals surface area contributed by atoms with Crippen molar-refractivity contribution in [2.24, 2.45) is 11.8 Å². The third kappa shape index (κ3) is 13.0. The van der Waals surface area contributed by atoms with Gasteiger partial charge >= 0.3 is 0 Å². The maximum Gasteiger partial charge on any atom is 0.252 e. The number of nitrogens with zero attached hydrogens (tertiary/aromatic N) is 2. The Bertz CT molecular complexity index is 2570. The molecular weight excluding hydrogens is 1040 g/mol. The second kappa shape index (κ2) is 22.9. The van der Waals surface area contributed by atoms with Crippen LogP contribution in [0.15, 0.2) is 97.1 Å². The van der Waals surface area contributed by atoms with Gasteiger partial charge in [-0.3, -0.25) is 9.59 Å². The first-order valence-electron chi connectivity index (χ1n) is 24.5. The Morgan fingerprint density at radius 2 is 0.861 bits per heavy atom. The molecule has 72 heavy (non-hydrogen) atoms. The fraction of sp³-hybridized carbons (Fsp3) is 0.519. The molecule has 2 saturated heterocycles. The highest BCUT2D eigenvalue weighted by Gasteiger charge is 2.54. The maximum atomic E-state index is 14.0. The number of aliphatic hydroxyl groups is 2. The van der Waals surface area contributed by atoms with Crippen molar-refractivity contribution in [2.45, 2.75) is 138 Å². The SMILES string of the molecule is CC(C)(C)S(=O)(=O)C[C@H](C1CC1)N1C(=O)[C@@H](CCO)O[C@H](c2cccc(Cl)c2)[C@H]1c1ccc(Cl)cc1.CC(C)(C)S(=O)(=O)C[C@H](C1CC1)N1C(=O)[C@H](CCO)O[C@H](c2cccc(Cl)c2)[C@H]1c1ccc(Cl)cc1. The maximum absolute atomic E-state index is 14.0. The monoisotopic (exact) mass is 1110 g/mol. The van der Waals surface area contributed by atoms with Gasteiger partial charge in [0, 0.05) is 58.2 Å². The van der Waals surface area contributed by atoms with E-state index in [1.165, 1.54) is 0 Å². The summed E-state index contributed by atoms with van der Waals surface area (Å²) in [5.74, 6) is -0.718. The van der Waals surface area contributed by atoms with Gasteiger partial charge < -0.3 is 29.5 Å². The average Bonchev–Trinajstić information content (AvgIpc) is 4.25. The van der Waals surface area contributed by atoms with Gasteiger partial charge in [-0.15, -0.1) is 0 Å². The molecule has 2 saturated carbocycles. The molecule has 2 amide bonds. The molecule has 0 spiro atoms. The first kappa shape index (κ1) is 56.4. The van der Waals surface area contributed by atoms with Gasteiger partial charge in [0.25, 0.3) is 11.8 Å². The molecule has 8 atom stereocenters. The summed E-state index contributed by atoms with van der Waals surface area (Å²) in [7, 11) is -7.06. The predicted octanol–water partition coefficient (Wildman–Crippen LogP) is 10.8. The Morgan fingerprint density at radius 1 is 0.528 bits per heavy atom. The smallest absolute Gasteiger partial charge is 0.252 e. The molecule has 4 fully saturated rings. The number of aliphatic hydroxyl groups excluding tert-OH is 2. The van der Waals surface area contributed by atoms with E-state index in [0.717, 1.165) is 47.9 Å². The summed E-state index contributed by atoms with van der Waals surface area (Å²) in [6, 6.07) is 26.8. The van der Waals surface area contributed by atoms with E-state index in [2.05, 4.69) is 0 Å². The minimum Gasteiger partial charge on any atom is -0.396 e. The molecule has 0 unspecified atom stereocenters. The lowest BCUT2D eigenvalue weighted by Gasteiger charge is -2.48. The lowest BCUT2D eigenvalue weighted by atomic mass is 9.89. The van der Waals surface area contributed by atoms with Crippen LogP contribution in [-0.4, -0.2) is 107 Å². The molecular formula is C54H66Cl4N2O10S2. The fourth-order valence-electron chi connectivity index (χ4n) is 9.55. The Balaban J connectivity index is 0.000000211. The van der Waals surface area contributed by atoms with E-state index < -0.39 is 77.8 Å². The Labute approximate surface area is 445 Å². The van der Waals surface area contributed by atoms with Crippen molar-refractivity contribution in [2.75, 3.05) is 24.7 Å². The van der Waals surface area contributed by atoms with Crippen LogP contribution in [0.25, 0.3) is 0 Å². The van der Waals surface area contributed by atoms with Crippen LogP contribution in [-0.2, 0) is 38.7 Å². The van der Waals surface area contributed by atoms with Crippen molar-refractivity contribution in [3.63, 3.8) is 0 Å². The van der Waals surface area contributed by atoms with Gasteiger partial charge in [0.15, 0.2) is 19.7 Å². The van der Waals surface area contributed by atoms with Crippen LogP contribution in [0, 0.1) is 11.8 Å². The number of carbonyl (C=O) groups is 2. The predicted molar refractivity (Wildman–Crippen MR) is 284 cm³/mol. The molecule has 392 valence electrons. The molecule has 4 aromatic carbocycles. The molecule has 4 aliphatic rings. The first-order chi connectivity index (χ1) is 33.8. The standard InChI is InChI=1S/2C27H33Cl2NO5S/c2*1-27(2,3)36(33,34)16-22(17-7-8-17)30-24(18-9-11-20(28)12-10-18)25(19-5-4-6-21(29)15-19)35-23(13-14-31)26(30)32/h2*4-6,9-12,15,17,22-25,31H,7-8,13-14,16H2,1-3H3/t22-,23+,24-,25-;22-,23-,24-,25-/m11/s1. The zero-order chi connectivity index (χ0) is 52.5. The second-order valence-corrected chi connectivity index (χ2v) is 28.6. The summed E-state index contributed by atoms with van der Waals surface area (Å²) < 4.78 is 64.4. The molecule has 0 bridgehead atoms. The number of morpholine rings is 2. The topological polar surface area (TPSA) is 168 Å². The molecule has 4 aromatic rings. The number of rotatable bonds is 16. The van der Waals surface area contributed by atoms with Crippen LogP contribution in [0.1, 0.15) is 127 Å². The quantitative estimate of drug-likeness (QED) is 0.110. The summed E-state index contributed by atoms with van der Waals surface area (Å²) in [4.78, 5) is 31.4. The van der Waals surface area contributed by atoms with Crippen molar-refractivity contribution < 1.29 is 46.1 Å². The Hall–Kier alpha value is -3.28. The second-order valence-electron chi connectivity index (χ2n) is 21.3. The van der Waals surface area contributed by atoms with Gasteiger partial charge in [0.2, 0.25) is 0 Å². The number of sulfone groups is 2. The van der Waals surface area contributed by atoms with Crippen molar-refractivity contribution >= 4 is 77.9 Å². The molecule has 2 aliphatic carbocycles. The Kier molecular flexibility index (Phi) is 18.0. The number of carbonyl (C=O) groups excluding carboxylic acids is 2. The van der Waals surface area contributed by atoms with Crippen molar-refractivity contribution in [1.29, 1.82) is 0 Å². The summed E-state index contributed by atoms with van der Waals surface area (Å²) in [5.41, 5.74) is 3.13. The van der Waals surface area contributed by atoms with Crippen LogP contribution in [0.5, 0.6) is 0 Å². The molecule has 0 radical (unpaired) electrons. The Morgan fingerprint density at radius 3 is 1.14 bits per heavy atom. The zero-order valence-corrected chi connectivity index (χ0v) is 46.1. The molecule has 18 heteroatoms. The van der Waals surface area contributed by atoms with Crippen LogP contribution in [0.4, 0.5) is 0 Å². The summed E-state index contributed by atoms with van der Waals surface area (Å²) in [6.45, 7) is 9.67. The number of halogens is 4. The lowest BCUT2D eigenvalue weighted by molar-refractivity contribution is -0.181. The van der Waals surface area contributed by atoms with Gasteiger partial charge in [-0.1, -0.05) is 94.9 Å². The van der Waals surface area contributed by atoms with Crippen LogP contribution in [0.3, 0.4) is 0 Å². The summed E-state index contributed by atoms with van der Waals surface area (Å²) in [5, 5.41) is 21.6. The van der Waals surface area contributed by atoms with Gasteiger partial charge in [-0.25, -0.2) is 16.8 Å². The third-order valence-electron chi connectivity index (χ3n) is 14.1. The minimum atomic E-state index is -3.53. The van der Waals surface area contributed by atoms with E-state index in [-0.39, 0.29) is 61.2 Å². The van der Waals surface area contributed by atoms with E-state index in [1.54, 1.807) is 99.9 Å². The lowest BCUT2D eigenvalue weighted by Crippen LogP contribution is -2.57. The van der Waals surface area contributed by atoms with Crippen molar-refractivity contribution in [3.8, 4) is 0 Å². The molecule has 2 heterocycles. The molecule has 2 aliphatic heterocycles. The first-order valence-corrected chi connectivity index (χ1v) is 29.3. The molecule has 8 rings (SSSR count). The zero-order valence-electron chi connectivity index (χ0n) is 41.5. The van der Waals surface area contributed by atoms with Gasteiger partial charge in [0.05, 0.1) is 33.1 Å². The normalized spacial score (nSPS) is 24.1. The number of hydrogen-bond acceptors (Lipinski definition) is 10. The number of amides is 2. The van der Waals surface area contributed by atoms with Gasteiger partial charge in [-0.05, 0) is 150 Å². The molecule has 2 N–H and O–H groups in total. The van der Waals surface area contributed by atoms with E-state index in [1.807, 2.05) is 48.5 Å². The van der Waals surface area contributed by atoms with Gasteiger partial charge in [-0.2, -0.15) is 0 Å². The number of benzene rings is 4. The highest BCUT2D eigenvalue weighted by Crippen LogP contribution is 2.50. The summed E-state index contributed by atoms with van der Waals surface area (Å²) in [6.07, 6.45) is 0.622. The number of hydrogen-bond donors (Lipinski definition) is 2. The van der Waals surface area contributed by atoms with Crippen LogP contribution in [0.2, 0.25) is 20.1 Å². The highest BCUT2D eigenvalue weighted by atomic mass is 35.5. The van der Waals surface area contributed by atoms with Crippen molar-refractivity contribution in [1.82, 2.24) is 9.80 Å². The largest absolute Gasteiger partial charge is 0.396 e. The highest BCUT2D eigenvalue weighted by molar-refractivity contribution is 7.93. The molecule has 0 aromatic heterocycles. The van der Waals surface area contributed by atoms with Gasteiger partial charge in [0.1, 0.15) is 24.4 Å². The summed E-state index contributed by atoms with van der Waals surface area (Å²) >= 11 is 25.0. The molecule has 12 nitrogen and oxygen atoms in total. The average molecular weight is 1110 g/mol. The van der Waals surface area contributed by atoms with E-state index in [9.17, 15) is 36.6 Å². The van der Waals surface area contributed by atoms with Crippen molar-refractivity contribution in [3.05, 3.63) is 139 Å². The van der Waals surface area contributed by atoms with E-state index >= 15 is 0 Å².